The number of benzene rings is 2. The normalized spacial score (nSPS) is 13.1. The standard InChI is InChI=1S/C23H23NO6/c1-4-14-30-22(26)23(2,19-10-12-20(13-11-19)24(27)28)16-18(21(25)29-3)15-17-8-6-5-7-9-17/h4-13,15H,1,14,16H2,2-3H3/b18-15-. The molecular formula is C23H23NO6. The molecule has 1 atom stereocenters. The summed E-state index contributed by atoms with van der Waals surface area (Å²) >= 11 is 0. The molecule has 1 unspecified atom stereocenters. The minimum absolute atomic E-state index is 0.00262. The van der Waals surface area contributed by atoms with E-state index in [9.17, 15) is 19.7 Å². The van der Waals surface area contributed by atoms with E-state index in [-0.39, 0.29) is 24.3 Å². The summed E-state index contributed by atoms with van der Waals surface area (Å²) in [5, 5.41) is 11.0. The molecule has 30 heavy (non-hydrogen) atoms. The van der Waals surface area contributed by atoms with Crippen LogP contribution in [0, 0.1) is 10.1 Å². The first-order chi connectivity index (χ1) is 14.3. The molecule has 7 nitrogen and oxygen atoms in total. The second kappa shape index (κ2) is 10.2. The summed E-state index contributed by atoms with van der Waals surface area (Å²) < 4.78 is 10.2. The summed E-state index contributed by atoms with van der Waals surface area (Å²) in [6.07, 6.45) is 3.06. The predicted octanol–water partition coefficient (Wildman–Crippen LogP) is 4.23. The quantitative estimate of drug-likeness (QED) is 0.202. The Balaban J connectivity index is 2.52. The average Bonchev–Trinajstić information content (AvgIpc) is 2.77. The molecule has 2 rings (SSSR count). The number of hydrogen-bond acceptors (Lipinski definition) is 6. The highest BCUT2D eigenvalue weighted by molar-refractivity contribution is 5.96. The Labute approximate surface area is 174 Å². The third kappa shape index (κ3) is 5.41. The van der Waals surface area contributed by atoms with Crippen LogP contribution in [-0.4, -0.2) is 30.6 Å². The summed E-state index contributed by atoms with van der Waals surface area (Å²) in [5.41, 5.74) is 0.120. The van der Waals surface area contributed by atoms with Crippen molar-refractivity contribution in [3.63, 3.8) is 0 Å². The van der Waals surface area contributed by atoms with Gasteiger partial charge in [-0.2, -0.15) is 0 Å². The number of ether oxygens (including phenoxy) is 2. The number of carbonyl (C=O) groups excluding carboxylic acids is 2. The molecule has 0 heterocycles. The Morgan fingerprint density at radius 2 is 1.77 bits per heavy atom. The molecule has 0 aromatic heterocycles. The highest BCUT2D eigenvalue weighted by Crippen LogP contribution is 2.34. The van der Waals surface area contributed by atoms with Gasteiger partial charge >= 0.3 is 11.9 Å². The van der Waals surface area contributed by atoms with E-state index in [0.29, 0.717) is 5.56 Å². The lowest BCUT2D eigenvalue weighted by Crippen LogP contribution is -2.36. The fourth-order valence-electron chi connectivity index (χ4n) is 2.98. The molecule has 0 N–H and O–H groups in total. The zero-order valence-electron chi connectivity index (χ0n) is 16.9. The molecule has 7 heteroatoms. The largest absolute Gasteiger partial charge is 0.466 e. The number of carbonyl (C=O) groups is 2. The van der Waals surface area contributed by atoms with Gasteiger partial charge in [0.15, 0.2) is 0 Å². The van der Waals surface area contributed by atoms with E-state index < -0.39 is 22.3 Å². The molecule has 0 amide bonds. The molecule has 0 bridgehead atoms. The molecule has 0 aliphatic carbocycles. The lowest BCUT2D eigenvalue weighted by atomic mass is 9.76. The Morgan fingerprint density at radius 3 is 2.30 bits per heavy atom. The molecule has 0 saturated carbocycles. The van der Waals surface area contributed by atoms with Gasteiger partial charge in [0.2, 0.25) is 0 Å². The Hall–Kier alpha value is -3.74. The van der Waals surface area contributed by atoms with Gasteiger partial charge in [0, 0.05) is 17.7 Å². The van der Waals surface area contributed by atoms with Crippen LogP contribution in [0.3, 0.4) is 0 Å². The summed E-state index contributed by atoms with van der Waals surface area (Å²) in [4.78, 5) is 35.9. The third-order valence-electron chi connectivity index (χ3n) is 4.63. The molecule has 0 aliphatic heterocycles. The van der Waals surface area contributed by atoms with Crippen molar-refractivity contribution in [3.8, 4) is 0 Å². The van der Waals surface area contributed by atoms with E-state index in [1.165, 1.54) is 37.5 Å². The topological polar surface area (TPSA) is 95.7 Å². The van der Waals surface area contributed by atoms with Crippen molar-refractivity contribution in [2.45, 2.75) is 18.8 Å². The first kappa shape index (κ1) is 22.5. The van der Waals surface area contributed by atoms with E-state index in [2.05, 4.69) is 6.58 Å². The number of non-ortho nitro benzene ring substituents is 1. The summed E-state index contributed by atoms with van der Waals surface area (Å²) in [6.45, 7) is 5.16. The zero-order valence-corrected chi connectivity index (χ0v) is 16.9. The molecule has 156 valence electrons. The van der Waals surface area contributed by atoms with Crippen LogP contribution in [0.25, 0.3) is 6.08 Å². The van der Waals surface area contributed by atoms with Gasteiger partial charge in [-0.3, -0.25) is 14.9 Å². The number of nitro groups is 1. The van der Waals surface area contributed by atoms with Gasteiger partial charge in [-0.05, 0) is 30.5 Å². The molecule has 0 radical (unpaired) electrons. The van der Waals surface area contributed by atoms with E-state index in [0.717, 1.165) is 5.56 Å². The van der Waals surface area contributed by atoms with Crippen molar-refractivity contribution >= 4 is 23.7 Å². The first-order valence-corrected chi connectivity index (χ1v) is 9.19. The van der Waals surface area contributed by atoms with Crippen LogP contribution in [0.4, 0.5) is 5.69 Å². The fraction of sp³-hybridized carbons (Fsp3) is 0.217. The van der Waals surface area contributed by atoms with Gasteiger partial charge in [-0.25, -0.2) is 4.79 Å². The van der Waals surface area contributed by atoms with Crippen LogP contribution in [-0.2, 0) is 24.5 Å². The van der Waals surface area contributed by atoms with E-state index in [1.54, 1.807) is 13.0 Å². The maximum Gasteiger partial charge on any atom is 0.333 e. The van der Waals surface area contributed by atoms with Crippen molar-refractivity contribution < 1.29 is 24.0 Å². The van der Waals surface area contributed by atoms with Crippen molar-refractivity contribution in [1.29, 1.82) is 0 Å². The van der Waals surface area contributed by atoms with E-state index >= 15 is 0 Å². The zero-order chi connectivity index (χ0) is 22.1. The van der Waals surface area contributed by atoms with Crippen LogP contribution < -0.4 is 0 Å². The minimum atomic E-state index is -1.28. The van der Waals surface area contributed by atoms with Crippen molar-refractivity contribution in [2.75, 3.05) is 13.7 Å². The lowest BCUT2D eigenvalue weighted by molar-refractivity contribution is -0.384. The van der Waals surface area contributed by atoms with Gasteiger partial charge in [0.25, 0.3) is 5.69 Å². The average molecular weight is 409 g/mol. The second-order valence-corrected chi connectivity index (χ2v) is 6.77. The molecule has 2 aromatic carbocycles. The highest BCUT2D eigenvalue weighted by atomic mass is 16.6. The summed E-state index contributed by atoms with van der Waals surface area (Å²) in [5.74, 6) is -1.16. The van der Waals surface area contributed by atoms with Crippen molar-refractivity contribution in [1.82, 2.24) is 0 Å². The van der Waals surface area contributed by atoms with E-state index in [4.69, 9.17) is 9.47 Å². The number of nitrogens with zero attached hydrogens (tertiary/aromatic N) is 1. The molecule has 0 spiro atoms. The summed E-state index contributed by atoms with van der Waals surface area (Å²) in [7, 11) is 1.26. The predicted molar refractivity (Wildman–Crippen MR) is 113 cm³/mol. The van der Waals surface area contributed by atoms with Gasteiger partial charge in [-0.1, -0.05) is 55.1 Å². The third-order valence-corrected chi connectivity index (χ3v) is 4.63. The molecule has 2 aromatic rings. The molecule has 0 fully saturated rings. The highest BCUT2D eigenvalue weighted by Gasteiger charge is 2.39. The van der Waals surface area contributed by atoms with Gasteiger partial charge < -0.3 is 9.47 Å². The molecular weight excluding hydrogens is 386 g/mol. The second-order valence-electron chi connectivity index (χ2n) is 6.77. The number of methoxy groups -OCH3 is 1. The SMILES string of the molecule is C=CCOC(=O)C(C)(C/C(=C/c1ccccc1)C(=O)OC)c1ccc([N+](=O)[O-])cc1. The van der Waals surface area contributed by atoms with Crippen LogP contribution in [0.5, 0.6) is 0 Å². The van der Waals surface area contributed by atoms with Crippen LogP contribution >= 0.6 is 0 Å². The van der Waals surface area contributed by atoms with Crippen molar-refractivity contribution in [2.24, 2.45) is 0 Å². The monoisotopic (exact) mass is 409 g/mol. The smallest absolute Gasteiger partial charge is 0.333 e. The fourth-order valence-corrected chi connectivity index (χ4v) is 2.98. The number of hydrogen-bond donors (Lipinski definition) is 0. The van der Waals surface area contributed by atoms with Gasteiger partial charge in [-0.15, -0.1) is 0 Å². The number of rotatable bonds is 9. The first-order valence-electron chi connectivity index (χ1n) is 9.19. The molecule has 0 aliphatic rings. The Bertz CT molecular complexity index is 949. The maximum atomic E-state index is 13.0. The number of nitro benzene ring substituents is 1. The molecule has 0 saturated heterocycles. The Kier molecular flexibility index (Phi) is 7.63. The van der Waals surface area contributed by atoms with Crippen molar-refractivity contribution in [3.05, 3.63) is 94.1 Å². The lowest BCUT2D eigenvalue weighted by Gasteiger charge is -2.28. The van der Waals surface area contributed by atoms with Gasteiger partial charge in [0.05, 0.1) is 17.4 Å². The maximum absolute atomic E-state index is 13.0. The van der Waals surface area contributed by atoms with Crippen LogP contribution in [0.2, 0.25) is 0 Å². The summed E-state index contributed by atoms with van der Waals surface area (Å²) in [6, 6.07) is 14.8. The van der Waals surface area contributed by atoms with Crippen LogP contribution in [0.1, 0.15) is 24.5 Å². The minimum Gasteiger partial charge on any atom is -0.466 e. The Morgan fingerprint density at radius 1 is 1.13 bits per heavy atom. The number of esters is 2. The van der Waals surface area contributed by atoms with Crippen LogP contribution in [0.15, 0.2) is 72.8 Å². The van der Waals surface area contributed by atoms with E-state index in [1.807, 2.05) is 30.3 Å². The van der Waals surface area contributed by atoms with Gasteiger partial charge in [0.1, 0.15) is 6.61 Å².